The molecule has 27 heavy (non-hydrogen) atoms. The second kappa shape index (κ2) is 10.3. The molecule has 0 saturated carbocycles. The van der Waals surface area contributed by atoms with E-state index in [0.29, 0.717) is 11.5 Å². The summed E-state index contributed by atoms with van der Waals surface area (Å²) in [6, 6.07) is 13.8. The fourth-order valence-electron chi connectivity index (χ4n) is 2.60. The summed E-state index contributed by atoms with van der Waals surface area (Å²) in [4.78, 5) is 2.03. The fourth-order valence-corrected chi connectivity index (χ4v) is 2.60. The van der Waals surface area contributed by atoms with Crippen molar-refractivity contribution in [1.82, 2.24) is 0 Å². The number of rotatable bonds is 10. The lowest BCUT2D eigenvalue weighted by atomic mass is 10.1. The number of ether oxygens (including phenoxy) is 3. The van der Waals surface area contributed by atoms with Gasteiger partial charge < -0.3 is 19.1 Å². The summed E-state index contributed by atoms with van der Waals surface area (Å²) in [5.74, 6) is 2.28. The molecule has 2 aromatic rings. The molecule has 2 rings (SSSR count). The molecule has 0 spiro atoms. The summed E-state index contributed by atoms with van der Waals surface area (Å²) in [7, 11) is 5.25. The molecule has 2 aromatic carbocycles. The van der Waals surface area contributed by atoms with Crippen LogP contribution in [-0.4, -0.2) is 27.9 Å². The molecule has 0 aliphatic heterocycles. The van der Waals surface area contributed by atoms with Crippen molar-refractivity contribution < 1.29 is 14.2 Å². The Morgan fingerprint density at radius 3 is 2.48 bits per heavy atom. The van der Waals surface area contributed by atoms with Gasteiger partial charge in [0.25, 0.3) is 0 Å². The Hall–Kier alpha value is -2.88. The van der Waals surface area contributed by atoms with E-state index in [1.807, 2.05) is 66.6 Å². The van der Waals surface area contributed by atoms with Crippen LogP contribution in [0.25, 0.3) is 6.08 Å². The topological polar surface area (TPSA) is 30.9 Å². The number of methoxy groups -OCH3 is 2. The van der Waals surface area contributed by atoms with Crippen LogP contribution in [0.15, 0.2) is 60.8 Å². The van der Waals surface area contributed by atoms with Gasteiger partial charge in [-0.05, 0) is 42.3 Å². The SMILES string of the molecule is C=C(/C=C/c1ccc(OC)c(OC)c1)N(C)c1ccccc1OCCCC. The summed E-state index contributed by atoms with van der Waals surface area (Å²) >= 11 is 0. The number of unbranched alkanes of at least 4 members (excludes halogenated alkanes) is 1. The highest BCUT2D eigenvalue weighted by Crippen LogP contribution is 2.31. The molecule has 0 saturated heterocycles. The van der Waals surface area contributed by atoms with Crippen molar-refractivity contribution in [2.45, 2.75) is 19.8 Å². The van der Waals surface area contributed by atoms with Gasteiger partial charge >= 0.3 is 0 Å². The van der Waals surface area contributed by atoms with E-state index in [0.717, 1.165) is 42.1 Å². The maximum absolute atomic E-state index is 5.93. The molecule has 4 nitrogen and oxygen atoms in total. The maximum Gasteiger partial charge on any atom is 0.161 e. The molecule has 0 atom stereocenters. The van der Waals surface area contributed by atoms with Gasteiger partial charge in [-0.25, -0.2) is 0 Å². The van der Waals surface area contributed by atoms with Crippen LogP contribution in [0.4, 0.5) is 5.69 Å². The fraction of sp³-hybridized carbons (Fsp3) is 0.304. The Morgan fingerprint density at radius 2 is 1.78 bits per heavy atom. The van der Waals surface area contributed by atoms with Gasteiger partial charge in [-0.15, -0.1) is 0 Å². The van der Waals surface area contributed by atoms with Gasteiger partial charge in [0.1, 0.15) is 5.75 Å². The molecule has 0 aliphatic rings. The van der Waals surface area contributed by atoms with E-state index in [2.05, 4.69) is 13.5 Å². The predicted octanol–water partition coefficient (Wildman–Crippen LogP) is 5.55. The first-order valence-electron chi connectivity index (χ1n) is 9.15. The average molecular weight is 367 g/mol. The van der Waals surface area contributed by atoms with Crippen LogP contribution in [0, 0.1) is 0 Å². The van der Waals surface area contributed by atoms with Gasteiger partial charge in [0.2, 0.25) is 0 Å². The van der Waals surface area contributed by atoms with Crippen LogP contribution in [0.3, 0.4) is 0 Å². The normalized spacial score (nSPS) is 10.7. The second-order valence-electron chi connectivity index (χ2n) is 6.17. The Balaban J connectivity index is 2.13. The third-order valence-electron chi connectivity index (χ3n) is 4.29. The number of nitrogens with zero attached hydrogens (tertiary/aromatic N) is 1. The number of allylic oxidation sites excluding steroid dienone is 1. The first kappa shape index (κ1) is 20.4. The predicted molar refractivity (Wildman–Crippen MR) is 113 cm³/mol. The van der Waals surface area contributed by atoms with Crippen molar-refractivity contribution in [1.29, 1.82) is 0 Å². The van der Waals surface area contributed by atoms with Crippen molar-refractivity contribution in [2.24, 2.45) is 0 Å². The van der Waals surface area contributed by atoms with E-state index in [1.165, 1.54) is 0 Å². The largest absolute Gasteiger partial charge is 0.493 e. The Labute approximate surface area is 162 Å². The van der Waals surface area contributed by atoms with Gasteiger partial charge in [0.05, 0.1) is 26.5 Å². The number of hydrogen-bond acceptors (Lipinski definition) is 4. The Bertz CT molecular complexity index is 783. The van der Waals surface area contributed by atoms with E-state index in [-0.39, 0.29) is 0 Å². The third kappa shape index (κ3) is 5.55. The molecule has 0 heterocycles. The van der Waals surface area contributed by atoms with Gasteiger partial charge in [-0.2, -0.15) is 0 Å². The minimum absolute atomic E-state index is 0.702. The number of anilines is 1. The van der Waals surface area contributed by atoms with E-state index < -0.39 is 0 Å². The van der Waals surface area contributed by atoms with Crippen LogP contribution in [0.5, 0.6) is 17.2 Å². The molecule has 144 valence electrons. The van der Waals surface area contributed by atoms with Crippen LogP contribution < -0.4 is 19.1 Å². The molecule has 0 fully saturated rings. The highest BCUT2D eigenvalue weighted by molar-refractivity contribution is 5.65. The van der Waals surface area contributed by atoms with Gasteiger partial charge in [-0.1, -0.05) is 44.2 Å². The van der Waals surface area contributed by atoms with E-state index in [4.69, 9.17) is 14.2 Å². The molecule has 0 aromatic heterocycles. The summed E-state index contributed by atoms with van der Waals surface area (Å²) in [6.07, 6.45) is 6.13. The minimum Gasteiger partial charge on any atom is -0.493 e. The van der Waals surface area contributed by atoms with Gasteiger partial charge in [-0.3, -0.25) is 0 Å². The molecule has 0 unspecified atom stereocenters. The van der Waals surface area contributed by atoms with Crippen molar-refractivity contribution in [3.05, 3.63) is 66.4 Å². The van der Waals surface area contributed by atoms with Crippen molar-refractivity contribution >= 4 is 11.8 Å². The lowest BCUT2D eigenvalue weighted by molar-refractivity contribution is 0.310. The summed E-state index contributed by atoms with van der Waals surface area (Å²) in [6.45, 7) is 7.06. The highest BCUT2D eigenvalue weighted by atomic mass is 16.5. The van der Waals surface area contributed by atoms with Crippen LogP contribution in [0.2, 0.25) is 0 Å². The Morgan fingerprint density at radius 1 is 1.04 bits per heavy atom. The standard InChI is InChI=1S/C23H29NO3/c1-6-7-16-27-21-11-9-8-10-20(21)24(3)18(2)12-13-19-14-15-22(25-4)23(17-19)26-5/h8-15,17H,2,6-7,16H2,1,3-5H3/b13-12+. The summed E-state index contributed by atoms with van der Waals surface area (Å²) < 4.78 is 16.6. The molecule has 0 aliphatic carbocycles. The molecule has 0 radical (unpaired) electrons. The molecular formula is C23H29NO3. The maximum atomic E-state index is 5.93. The lowest BCUT2D eigenvalue weighted by Gasteiger charge is -2.22. The van der Waals surface area contributed by atoms with Gasteiger partial charge in [0.15, 0.2) is 11.5 Å². The van der Waals surface area contributed by atoms with Crippen LogP contribution in [0.1, 0.15) is 25.3 Å². The molecule has 0 amide bonds. The third-order valence-corrected chi connectivity index (χ3v) is 4.29. The molecular weight excluding hydrogens is 338 g/mol. The minimum atomic E-state index is 0.702. The Kier molecular flexibility index (Phi) is 7.80. The lowest BCUT2D eigenvalue weighted by Crippen LogP contribution is -2.15. The smallest absolute Gasteiger partial charge is 0.161 e. The summed E-state index contributed by atoms with van der Waals surface area (Å²) in [5.41, 5.74) is 2.86. The zero-order valence-electron chi connectivity index (χ0n) is 16.7. The van der Waals surface area contributed by atoms with E-state index in [9.17, 15) is 0 Å². The number of likely N-dealkylation sites (N-methyl/N-ethyl adjacent to an activating group) is 1. The van der Waals surface area contributed by atoms with Gasteiger partial charge in [0, 0.05) is 12.7 Å². The number of hydrogen-bond donors (Lipinski definition) is 0. The summed E-state index contributed by atoms with van der Waals surface area (Å²) in [5, 5.41) is 0. The first-order chi connectivity index (χ1) is 13.1. The van der Waals surface area contributed by atoms with Crippen molar-refractivity contribution in [2.75, 3.05) is 32.8 Å². The quantitative estimate of drug-likeness (QED) is 0.407. The molecule has 0 bridgehead atoms. The van der Waals surface area contributed by atoms with Crippen LogP contribution >= 0.6 is 0 Å². The zero-order valence-corrected chi connectivity index (χ0v) is 16.7. The highest BCUT2D eigenvalue weighted by Gasteiger charge is 2.09. The van der Waals surface area contributed by atoms with Crippen molar-refractivity contribution in [3.8, 4) is 17.2 Å². The van der Waals surface area contributed by atoms with Crippen LogP contribution in [-0.2, 0) is 0 Å². The number of para-hydroxylation sites is 2. The zero-order chi connectivity index (χ0) is 19.6. The second-order valence-corrected chi connectivity index (χ2v) is 6.17. The van der Waals surface area contributed by atoms with Crippen molar-refractivity contribution in [3.63, 3.8) is 0 Å². The molecule has 0 N–H and O–H groups in total. The molecule has 4 heteroatoms. The van der Waals surface area contributed by atoms with E-state index >= 15 is 0 Å². The first-order valence-corrected chi connectivity index (χ1v) is 9.15. The monoisotopic (exact) mass is 367 g/mol. The number of benzene rings is 2. The average Bonchev–Trinajstić information content (AvgIpc) is 2.71. The van der Waals surface area contributed by atoms with E-state index in [1.54, 1.807) is 14.2 Å².